The Morgan fingerprint density at radius 1 is 1.04 bits per heavy atom. The molecule has 5 heteroatoms. The fraction of sp³-hybridized carbons (Fsp3) is 0.591. The summed E-state index contributed by atoms with van der Waals surface area (Å²) in [6.45, 7) is 2.11. The maximum atomic E-state index is 10.8. The number of rotatable bonds is 12. The summed E-state index contributed by atoms with van der Waals surface area (Å²) in [6, 6.07) is 0. The molecule has 1 saturated carbocycles. The molecular formula is C22H34O5. The topological polar surface area (TPSA) is 98.0 Å². The second kappa shape index (κ2) is 13.5. The molecule has 1 fully saturated rings. The van der Waals surface area contributed by atoms with Crippen molar-refractivity contribution in [1.29, 1.82) is 0 Å². The molecule has 0 heterocycles. The number of aliphatic hydroxyl groups excluding tert-OH is 3. The lowest BCUT2D eigenvalue weighted by Gasteiger charge is -2.20. The van der Waals surface area contributed by atoms with Crippen molar-refractivity contribution < 1.29 is 25.2 Å². The largest absolute Gasteiger partial charge is 0.481 e. The van der Waals surface area contributed by atoms with Gasteiger partial charge < -0.3 is 20.4 Å². The molecule has 5 nitrogen and oxygen atoms in total. The van der Waals surface area contributed by atoms with Gasteiger partial charge in [-0.1, -0.05) is 55.5 Å². The summed E-state index contributed by atoms with van der Waals surface area (Å²) in [7, 11) is 0. The first kappa shape index (κ1) is 23.3. The third kappa shape index (κ3) is 9.70. The van der Waals surface area contributed by atoms with E-state index in [1.165, 1.54) is 0 Å². The zero-order valence-electron chi connectivity index (χ0n) is 16.2. The Morgan fingerprint density at radius 2 is 1.67 bits per heavy atom. The summed E-state index contributed by atoms with van der Waals surface area (Å²) in [6.07, 6.45) is 17.5. The molecule has 152 valence electrons. The molecular weight excluding hydrogens is 344 g/mol. The average molecular weight is 379 g/mol. The predicted molar refractivity (Wildman–Crippen MR) is 107 cm³/mol. The highest BCUT2D eigenvalue weighted by molar-refractivity contribution is 5.66. The highest BCUT2D eigenvalue weighted by Gasteiger charge is 2.40. The van der Waals surface area contributed by atoms with Gasteiger partial charge in [0.1, 0.15) is 0 Å². The molecule has 0 aromatic rings. The van der Waals surface area contributed by atoms with Crippen LogP contribution in [-0.2, 0) is 4.79 Å². The first-order valence-corrected chi connectivity index (χ1v) is 9.85. The lowest BCUT2D eigenvalue weighted by Crippen LogP contribution is -2.22. The number of hydrogen-bond donors (Lipinski definition) is 4. The van der Waals surface area contributed by atoms with Gasteiger partial charge in [-0.15, -0.1) is 0 Å². The van der Waals surface area contributed by atoms with Crippen LogP contribution in [0, 0.1) is 11.8 Å². The van der Waals surface area contributed by atoms with Crippen LogP contribution in [-0.4, -0.2) is 44.7 Å². The summed E-state index contributed by atoms with van der Waals surface area (Å²) in [5.74, 6) is -1.52. The molecule has 1 rings (SSSR count). The van der Waals surface area contributed by atoms with Crippen LogP contribution in [0.4, 0.5) is 0 Å². The molecule has 0 aromatic heterocycles. The Kier molecular flexibility index (Phi) is 11.7. The molecule has 5 atom stereocenters. The zero-order valence-corrected chi connectivity index (χ0v) is 16.2. The fourth-order valence-electron chi connectivity index (χ4n) is 3.35. The van der Waals surface area contributed by atoms with E-state index in [0.717, 1.165) is 19.3 Å². The molecule has 27 heavy (non-hydrogen) atoms. The average Bonchev–Trinajstić information content (AvgIpc) is 2.89. The lowest BCUT2D eigenvalue weighted by molar-refractivity contribution is -0.137. The van der Waals surface area contributed by atoms with E-state index < -0.39 is 24.3 Å². The number of allylic oxidation sites excluding steroid dienone is 5. The Labute approximate surface area is 162 Å². The molecule has 0 amide bonds. The number of hydrogen-bond acceptors (Lipinski definition) is 4. The molecule has 4 N–H and O–H groups in total. The molecule has 1 aliphatic rings. The van der Waals surface area contributed by atoms with Crippen LogP contribution in [0.2, 0.25) is 0 Å². The second-order valence-corrected chi connectivity index (χ2v) is 7.03. The monoisotopic (exact) mass is 378 g/mol. The maximum Gasteiger partial charge on any atom is 0.303 e. The van der Waals surface area contributed by atoms with Gasteiger partial charge >= 0.3 is 5.97 Å². The van der Waals surface area contributed by atoms with Crippen LogP contribution in [0.1, 0.15) is 51.9 Å². The Hall–Kier alpha value is -1.69. The van der Waals surface area contributed by atoms with Gasteiger partial charge in [0, 0.05) is 18.8 Å². The van der Waals surface area contributed by atoms with Gasteiger partial charge in [-0.3, -0.25) is 4.79 Å². The highest BCUT2D eigenvalue weighted by Crippen LogP contribution is 2.36. The van der Waals surface area contributed by atoms with Gasteiger partial charge in [0.2, 0.25) is 0 Å². The number of carboxylic acid groups (broad SMARTS) is 1. The van der Waals surface area contributed by atoms with Gasteiger partial charge in [0.05, 0.1) is 18.3 Å². The van der Waals surface area contributed by atoms with E-state index in [9.17, 15) is 20.1 Å². The van der Waals surface area contributed by atoms with Gasteiger partial charge in [0.15, 0.2) is 0 Å². The van der Waals surface area contributed by atoms with Gasteiger partial charge in [-0.2, -0.15) is 0 Å². The van der Waals surface area contributed by atoms with E-state index in [-0.39, 0.29) is 24.7 Å². The van der Waals surface area contributed by atoms with Crippen LogP contribution in [0.5, 0.6) is 0 Å². The van der Waals surface area contributed by atoms with Crippen molar-refractivity contribution in [2.45, 2.75) is 70.2 Å². The van der Waals surface area contributed by atoms with E-state index in [1.54, 1.807) is 12.2 Å². The molecule has 0 unspecified atom stereocenters. The Morgan fingerprint density at radius 3 is 2.30 bits per heavy atom. The molecule has 0 aromatic carbocycles. The third-order valence-electron chi connectivity index (χ3n) is 4.82. The van der Waals surface area contributed by atoms with Crippen LogP contribution >= 0.6 is 0 Å². The fourth-order valence-corrected chi connectivity index (χ4v) is 3.35. The summed E-state index contributed by atoms with van der Waals surface area (Å²) in [4.78, 5) is 10.8. The highest BCUT2D eigenvalue weighted by atomic mass is 16.4. The summed E-state index contributed by atoms with van der Waals surface area (Å²) in [5, 5.41) is 39.0. The van der Waals surface area contributed by atoms with Gasteiger partial charge in [-0.25, -0.2) is 0 Å². The van der Waals surface area contributed by atoms with E-state index in [2.05, 4.69) is 31.2 Å². The van der Waals surface area contributed by atoms with Crippen molar-refractivity contribution in [1.82, 2.24) is 0 Å². The summed E-state index contributed by atoms with van der Waals surface area (Å²) in [5.41, 5.74) is 0. The van der Waals surface area contributed by atoms with Crippen LogP contribution in [0.3, 0.4) is 0 Å². The van der Waals surface area contributed by atoms with Gasteiger partial charge in [-0.05, 0) is 38.0 Å². The van der Waals surface area contributed by atoms with Crippen molar-refractivity contribution in [3.8, 4) is 0 Å². The quantitative estimate of drug-likeness (QED) is 0.390. The van der Waals surface area contributed by atoms with E-state index in [4.69, 9.17) is 5.11 Å². The molecule has 0 aliphatic heterocycles. The molecule has 1 aliphatic carbocycles. The molecule has 0 spiro atoms. The number of aliphatic carboxylic acids is 1. The SMILES string of the molecule is CC/C=C\C/C=C/C/C=C\C[C@@H](O)/C=C/[C@H]1[C@@H](CCC(=O)O)[C@@H](O)C[C@H]1O. The second-order valence-electron chi connectivity index (χ2n) is 7.03. The maximum absolute atomic E-state index is 10.8. The smallest absolute Gasteiger partial charge is 0.303 e. The Bertz CT molecular complexity index is 535. The van der Waals surface area contributed by atoms with Crippen molar-refractivity contribution in [2.24, 2.45) is 11.8 Å². The minimum absolute atomic E-state index is 0.0359. The summed E-state index contributed by atoms with van der Waals surface area (Å²) < 4.78 is 0. The van der Waals surface area contributed by atoms with E-state index in [0.29, 0.717) is 12.8 Å². The van der Waals surface area contributed by atoms with E-state index >= 15 is 0 Å². The minimum atomic E-state index is -0.910. The normalized spacial score (nSPS) is 27.6. The van der Waals surface area contributed by atoms with E-state index in [1.807, 2.05) is 12.2 Å². The van der Waals surface area contributed by atoms with Crippen LogP contribution < -0.4 is 0 Å². The first-order chi connectivity index (χ1) is 13.0. The third-order valence-corrected chi connectivity index (χ3v) is 4.82. The number of aliphatic hydroxyl groups is 3. The standard InChI is InChI=1S/C22H34O5/c1-2-3-4-5-6-7-8-9-10-11-17(23)12-13-18-19(14-15-22(26)27)21(25)16-20(18)24/h3-4,6-7,9-10,12-13,17-21,23-25H,2,5,8,11,14-16H2,1H3,(H,26,27)/b4-3-,7-6+,10-9-,13-12+/t17-,18+,19-,20-,21+/m1/s1. The molecule has 0 saturated heterocycles. The van der Waals surface area contributed by atoms with Crippen molar-refractivity contribution in [3.63, 3.8) is 0 Å². The van der Waals surface area contributed by atoms with Crippen molar-refractivity contribution in [3.05, 3.63) is 48.6 Å². The first-order valence-electron chi connectivity index (χ1n) is 9.85. The number of carboxylic acids is 1. The lowest BCUT2D eigenvalue weighted by atomic mass is 9.88. The van der Waals surface area contributed by atoms with Crippen molar-refractivity contribution >= 4 is 5.97 Å². The predicted octanol–water partition coefficient (Wildman–Crippen LogP) is 3.38. The molecule has 0 radical (unpaired) electrons. The Balaban J connectivity index is 2.39. The number of carbonyl (C=O) groups is 1. The zero-order chi connectivity index (χ0) is 20.1. The van der Waals surface area contributed by atoms with Crippen molar-refractivity contribution in [2.75, 3.05) is 0 Å². The summed E-state index contributed by atoms with van der Waals surface area (Å²) >= 11 is 0. The van der Waals surface area contributed by atoms with Crippen LogP contribution in [0.15, 0.2) is 48.6 Å². The van der Waals surface area contributed by atoms with Crippen LogP contribution in [0.25, 0.3) is 0 Å². The molecule has 0 bridgehead atoms. The minimum Gasteiger partial charge on any atom is -0.481 e. The van der Waals surface area contributed by atoms with Gasteiger partial charge in [0.25, 0.3) is 0 Å².